The number of fused-ring (bicyclic) bond motifs is 1. The molecule has 0 N–H and O–H groups in total. The van der Waals surface area contributed by atoms with Gasteiger partial charge in [-0.15, -0.1) is 0 Å². The molecule has 0 heterocycles. The van der Waals surface area contributed by atoms with Crippen molar-refractivity contribution in [2.75, 3.05) is 0 Å². The maximum atomic E-state index is 12.4. The summed E-state index contributed by atoms with van der Waals surface area (Å²) in [5.41, 5.74) is 1.09. The fourth-order valence-electron chi connectivity index (χ4n) is 5.91. The first-order valence-electron chi connectivity index (χ1n) is 10.7. The third-order valence-corrected chi connectivity index (χ3v) is 7.77. The van der Waals surface area contributed by atoms with Crippen LogP contribution in [0.5, 0.6) is 0 Å². The lowest BCUT2D eigenvalue weighted by molar-refractivity contribution is -0.0808. The average Bonchev–Trinajstić information content (AvgIpc) is 2.64. The van der Waals surface area contributed by atoms with Gasteiger partial charge in [0.25, 0.3) is 0 Å². The van der Waals surface area contributed by atoms with E-state index in [0.29, 0.717) is 16.9 Å². The predicted octanol–water partition coefficient (Wildman–Crippen LogP) is 6.50. The highest BCUT2D eigenvalue weighted by Crippen LogP contribution is 2.57. The molecule has 2 fully saturated rings. The maximum absolute atomic E-state index is 12.4. The topological polar surface area (TPSA) is 26.3 Å². The van der Waals surface area contributed by atoms with Gasteiger partial charge in [-0.2, -0.15) is 0 Å². The number of esters is 1. The molecule has 2 aliphatic carbocycles. The van der Waals surface area contributed by atoms with E-state index in [9.17, 15) is 4.79 Å². The number of ether oxygens (including phenoxy) is 1. The molecule has 6 atom stereocenters. The van der Waals surface area contributed by atoms with Gasteiger partial charge in [0.1, 0.15) is 6.10 Å². The Morgan fingerprint density at radius 1 is 1.23 bits per heavy atom. The fourth-order valence-corrected chi connectivity index (χ4v) is 5.91. The second kappa shape index (κ2) is 8.15. The van der Waals surface area contributed by atoms with Gasteiger partial charge in [0.15, 0.2) is 0 Å². The van der Waals surface area contributed by atoms with Gasteiger partial charge in [0.2, 0.25) is 0 Å². The summed E-state index contributed by atoms with van der Waals surface area (Å²) in [7, 11) is 0. The number of hydrogen-bond acceptors (Lipinski definition) is 2. The lowest BCUT2D eigenvalue weighted by Gasteiger charge is -2.55. The lowest BCUT2D eigenvalue weighted by Crippen LogP contribution is -2.48. The number of benzene rings is 1. The molecule has 2 saturated carbocycles. The Morgan fingerprint density at radius 2 is 1.96 bits per heavy atom. The van der Waals surface area contributed by atoms with Crippen LogP contribution in [0.4, 0.5) is 0 Å². The van der Waals surface area contributed by atoms with E-state index in [2.05, 4.69) is 27.7 Å². The molecule has 0 bridgehead atoms. The molecule has 1 aromatic rings. The summed E-state index contributed by atoms with van der Waals surface area (Å²) in [6, 6.07) is 9.42. The maximum Gasteiger partial charge on any atom is 0.338 e. The molecule has 2 heteroatoms. The second-order valence-corrected chi connectivity index (χ2v) is 9.17. The first-order valence-corrected chi connectivity index (χ1v) is 10.7. The monoisotopic (exact) mass is 356 g/mol. The van der Waals surface area contributed by atoms with Crippen molar-refractivity contribution in [2.24, 2.45) is 29.1 Å². The van der Waals surface area contributed by atoms with E-state index in [4.69, 9.17) is 4.74 Å². The quantitative estimate of drug-likeness (QED) is 0.563. The molecule has 0 saturated heterocycles. The van der Waals surface area contributed by atoms with Crippen molar-refractivity contribution in [3.8, 4) is 0 Å². The minimum absolute atomic E-state index is 0.0950. The average molecular weight is 357 g/mol. The van der Waals surface area contributed by atoms with Crippen LogP contribution in [0.25, 0.3) is 0 Å². The normalized spacial score (nSPS) is 35.4. The van der Waals surface area contributed by atoms with Crippen LogP contribution in [0.2, 0.25) is 0 Å². The van der Waals surface area contributed by atoms with Crippen molar-refractivity contribution in [1.29, 1.82) is 0 Å². The summed E-state index contributed by atoms with van der Waals surface area (Å²) >= 11 is 0. The van der Waals surface area contributed by atoms with Crippen LogP contribution < -0.4 is 0 Å². The number of carbonyl (C=O) groups excluding carboxylic acids is 1. The van der Waals surface area contributed by atoms with Gasteiger partial charge in [-0.3, -0.25) is 0 Å². The van der Waals surface area contributed by atoms with E-state index >= 15 is 0 Å². The van der Waals surface area contributed by atoms with E-state index in [1.807, 2.05) is 30.3 Å². The van der Waals surface area contributed by atoms with Crippen LogP contribution in [0.15, 0.2) is 30.3 Å². The zero-order valence-electron chi connectivity index (χ0n) is 17.0. The molecule has 0 amide bonds. The lowest BCUT2D eigenvalue weighted by atomic mass is 9.51. The highest BCUT2D eigenvalue weighted by molar-refractivity contribution is 5.89. The molecule has 144 valence electrons. The zero-order valence-corrected chi connectivity index (χ0v) is 17.0. The van der Waals surface area contributed by atoms with Crippen LogP contribution in [0.1, 0.15) is 83.0 Å². The second-order valence-electron chi connectivity index (χ2n) is 9.17. The van der Waals surface area contributed by atoms with E-state index in [1.54, 1.807) is 0 Å². The first kappa shape index (κ1) is 19.5. The van der Waals surface area contributed by atoms with Gasteiger partial charge in [-0.1, -0.05) is 58.7 Å². The third-order valence-electron chi connectivity index (χ3n) is 7.77. The van der Waals surface area contributed by atoms with Crippen LogP contribution >= 0.6 is 0 Å². The van der Waals surface area contributed by atoms with E-state index in [1.165, 1.54) is 32.1 Å². The number of carbonyl (C=O) groups is 1. The Bertz CT molecular complexity index is 595. The molecule has 0 aromatic heterocycles. The summed E-state index contributed by atoms with van der Waals surface area (Å²) < 4.78 is 5.88. The van der Waals surface area contributed by atoms with Crippen molar-refractivity contribution >= 4 is 5.97 Å². The minimum Gasteiger partial charge on any atom is -0.459 e. The summed E-state index contributed by atoms with van der Waals surface area (Å²) in [6.45, 7) is 9.78. The van der Waals surface area contributed by atoms with Crippen LogP contribution in [0.3, 0.4) is 0 Å². The Balaban J connectivity index is 1.62. The Morgan fingerprint density at radius 3 is 2.65 bits per heavy atom. The highest BCUT2D eigenvalue weighted by Gasteiger charge is 2.50. The molecule has 3 rings (SSSR count). The Kier molecular flexibility index (Phi) is 6.10. The van der Waals surface area contributed by atoms with Crippen LogP contribution in [0, 0.1) is 29.1 Å². The van der Waals surface area contributed by atoms with Gasteiger partial charge in [0.05, 0.1) is 5.56 Å². The molecule has 0 radical (unpaired) electrons. The Labute approximate surface area is 159 Å². The molecular formula is C24H36O2. The smallest absolute Gasteiger partial charge is 0.338 e. The largest absolute Gasteiger partial charge is 0.459 e. The molecular weight excluding hydrogens is 320 g/mol. The van der Waals surface area contributed by atoms with Gasteiger partial charge in [0, 0.05) is 0 Å². The molecule has 2 nitrogen and oxygen atoms in total. The predicted molar refractivity (Wildman–Crippen MR) is 107 cm³/mol. The summed E-state index contributed by atoms with van der Waals surface area (Å²) in [5.74, 6) is 3.01. The molecule has 0 aliphatic heterocycles. The third kappa shape index (κ3) is 3.85. The number of rotatable bonds is 5. The van der Waals surface area contributed by atoms with Crippen LogP contribution in [-0.4, -0.2) is 12.1 Å². The first-order chi connectivity index (χ1) is 12.5. The molecule has 1 unspecified atom stereocenters. The molecule has 2 aliphatic rings. The summed E-state index contributed by atoms with van der Waals surface area (Å²) in [6.07, 6.45) is 8.66. The number of hydrogen-bond donors (Lipinski definition) is 0. The van der Waals surface area contributed by atoms with Crippen LogP contribution in [-0.2, 0) is 4.74 Å². The van der Waals surface area contributed by atoms with E-state index in [0.717, 1.165) is 30.6 Å². The van der Waals surface area contributed by atoms with Gasteiger partial charge >= 0.3 is 5.97 Å². The van der Waals surface area contributed by atoms with Crippen molar-refractivity contribution in [3.63, 3.8) is 0 Å². The SMILES string of the molecule is CCC[C@H](C)[C@@H]1CC[C@@H]2C[C@H](OC(=O)c3ccccc3)CC[C@]2(C)C1C. The van der Waals surface area contributed by atoms with Crippen molar-refractivity contribution in [2.45, 2.75) is 78.7 Å². The molecule has 0 spiro atoms. The standard InChI is InChI=1S/C24H36O2/c1-5-9-17(2)22-13-12-20-16-21(14-15-24(20,4)18(22)3)26-23(25)19-10-7-6-8-11-19/h6-8,10-11,17-18,20-22H,5,9,12-16H2,1-4H3/t17-,18?,20+,21+,22-,24+/m0/s1. The Hall–Kier alpha value is -1.31. The van der Waals surface area contributed by atoms with Crippen molar-refractivity contribution < 1.29 is 9.53 Å². The summed E-state index contributed by atoms with van der Waals surface area (Å²) in [5, 5.41) is 0. The molecule has 1 aromatic carbocycles. The van der Waals surface area contributed by atoms with Gasteiger partial charge in [-0.05, 0) is 73.3 Å². The highest BCUT2D eigenvalue weighted by atomic mass is 16.5. The van der Waals surface area contributed by atoms with Crippen molar-refractivity contribution in [1.82, 2.24) is 0 Å². The summed E-state index contributed by atoms with van der Waals surface area (Å²) in [4.78, 5) is 12.4. The molecule has 26 heavy (non-hydrogen) atoms. The van der Waals surface area contributed by atoms with E-state index in [-0.39, 0.29) is 12.1 Å². The zero-order chi connectivity index (χ0) is 18.7. The van der Waals surface area contributed by atoms with Gasteiger partial charge < -0.3 is 4.74 Å². The fraction of sp³-hybridized carbons (Fsp3) is 0.708. The van der Waals surface area contributed by atoms with Crippen molar-refractivity contribution in [3.05, 3.63) is 35.9 Å². The minimum atomic E-state index is -0.155. The van der Waals surface area contributed by atoms with Gasteiger partial charge in [-0.25, -0.2) is 4.79 Å². The van der Waals surface area contributed by atoms with E-state index < -0.39 is 0 Å².